The van der Waals surface area contributed by atoms with Crippen LogP contribution in [0.25, 0.3) is 0 Å². The Morgan fingerprint density at radius 1 is 1.48 bits per heavy atom. The number of hydrogen-bond donors (Lipinski definition) is 2. The topological polar surface area (TPSA) is 83.6 Å². The lowest BCUT2D eigenvalue weighted by Crippen LogP contribution is -2.37. The van der Waals surface area contributed by atoms with Crippen molar-refractivity contribution in [3.05, 3.63) is 29.6 Å². The number of aliphatic hydroxyl groups is 1. The van der Waals surface area contributed by atoms with E-state index in [-0.39, 0.29) is 18.0 Å². The zero-order valence-electron chi connectivity index (χ0n) is 11.4. The third-order valence-corrected chi connectivity index (χ3v) is 5.37. The molecule has 1 heterocycles. The number of rotatable bonds is 3. The van der Waals surface area contributed by atoms with E-state index in [2.05, 4.69) is 11.8 Å². The van der Waals surface area contributed by atoms with E-state index in [9.17, 15) is 17.9 Å². The van der Waals surface area contributed by atoms with Crippen LogP contribution in [0.1, 0.15) is 18.4 Å². The number of aliphatic hydroxyl groups excluding tert-OH is 1. The number of sulfonamides is 1. The molecule has 114 valence electrons. The maximum absolute atomic E-state index is 14.1. The van der Waals surface area contributed by atoms with Crippen molar-refractivity contribution in [2.75, 3.05) is 19.7 Å². The van der Waals surface area contributed by atoms with Crippen LogP contribution in [0.2, 0.25) is 0 Å². The van der Waals surface area contributed by atoms with Crippen LogP contribution in [0.5, 0.6) is 0 Å². The second-order valence-electron chi connectivity index (χ2n) is 4.75. The van der Waals surface area contributed by atoms with Crippen molar-refractivity contribution in [1.29, 1.82) is 0 Å². The van der Waals surface area contributed by atoms with Crippen LogP contribution in [0.4, 0.5) is 4.39 Å². The van der Waals surface area contributed by atoms with Crippen molar-refractivity contribution in [3.8, 4) is 11.8 Å². The maximum Gasteiger partial charge on any atom is 0.246 e. The number of nitrogens with zero attached hydrogens (tertiary/aromatic N) is 1. The average Bonchev–Trinajstić information content (AvgIpc) is 2.94. The molecule has 1 aliphatic rings. The fourth-order valence-corrected chi connectivity index (χ4v) is 4.11. The lowest BCUT2D eigenvalue weighted by Gasteiger charge is -2.22. The first-order valence-electron chi connectivity index (χ1n) is 6.62. The Labute approximate surface area is 123 Å². The average molecular weight is 312 g/mol. The van der Waals surface area contributed by atoms with Crippen LogP contribution < -0.4 is 5.73 Å². The molecule has 1 aromatic rings. The summed E-state index contributed by atoms with van der Waals surface area (Å²) < 4.78 is 40.2. The predicted molar refractivity (Wildman–Crippen MR) is 76.3 cm³/mol. The summed E-state index contributed by atoms with van der Waals surface area (Å²) in [6.07, 6.45) is 1.24. The minimum absolute atomic E-state index is 0.146. The summed E-state index contributed by atoms with van der Waals surface area (Å²) >= 11 is 0. The summed E-state index contributed by atoms with van der Waals surface area (Å²) in [6.45, 7) is 0.177. The lowest BCUT2D eigenvalue weighted by molar-refractivity contribution is 0.213. The summed E-state index contributed by atoms with van der Waals surface area (Å²) in [7, 11) is -3.94. The van der Waals surface area contributed by atoms with Gasteiger partial charge in [-0.2, -0.15) is 4.31 Å². The summed E-state index contributed by atoms with van der Waals surface area (Å²) in [5, 5.41) is 9.23. The van der Waals surface area contributed by atoms with Crippen LogP contribution >= 0.6 is 0 Å². The van der Waals surface area contributed by atoms with Crippen LogP contribution in [0, 0.1) is 17.7 Å². The van der Waals surface area contributed by atoms with Crippen LogP contribution in [0.15, 0.2) is 23.1 Å². The molecule has 0 radical (unpaired) electrons. The first kappa shape index (κ1) is 15.9. The summed E-state index contributed by atoms with van der Waals surface area (Å²) in [5.74, 6) is 4.38. The van der Waals surface area contributed by atoms with E-state index in [0.717, 1.165) is 10.4 Å². The van der Waals surface area contributed by atoms with Crippen LogP contribution in [0.3, 0.4) is 0 Å². The van der Waals surface area contributed by atoms with E-state index in [1.807, 2.05) is 0 Å². The molecule has 2 rings (SSSR count). The Morgan fingerprint density at radius 2 is 2.24 bits per heavy atom. The van der Waals surface area contributed by atoms with Gasteiger partial charge < -0.3 is 10.8 Å². The van der Waals surface area contributed by atoms with Gasteiger partial charge in [-0.15, -0.1) is 0 Å². The summed E-state index contributed by atoms with van der Waals surface area (Å²) in [5.41, 5.74) is 5.61. The SMILES string of the molecule is NCC#Cc1ccc(S(=O)(=O)N2CCCC2CO)c(F)c1. The number of halogens is 1. The highest BCUT2D eigenvalue weighted by atomic mass is 32.2. The Bertz CT molecular complexity index is 679. The van der Waals surface area contributed by atoms with E-state index in [1.54, 1.807) is 0 Å². The molecule has 0 spiro atoms. The van der Waals surface area contributed by atoms with Crippen molar-refractivity contribution in [1.82, 2.24) is 4.31 Å². The smallest absolute Gasteiger partial charge is 0.246 e. The van der Waals surface area contributed by atoms with Crippen molar-refractivity contribution >= 4 is 10.0 Å². The van der Waals surface area contributed by atoms with Gasteiger partial charge >= 0.3 is 0 Å². The molecule has 0 saturated carbocycles. The number of hydrogen-bond acceptors (Lipinski definition) is 4. The van der Waals surface area contributed by atoms with Crippen molar-refractivity contribution in [2.24, 2.45) is 5.73 Å². The lowest BCUT2D eigenvalue weighted by atomic mass is 10.2. The van der Waals surface area contributed by atoms with E-state index in [4.69, 9.17) is 5.73 Å². The minimum atomic E-state index is -3.94. The zero-order valence-corrected chi connectivity index (χ0v) is 12.2. The molecule has 1 saturated heterocycles. The molecule has 0 aromatic heterocycles. The number of benzene rings is 1. The molecule has 0 amide bonds. The Balaban J connectivity index is 2.37. The molecule has 0 aliphatic carbocycles. The molecule has 1 fully saturated rings. The fraction of sp³-hybridized carbons (Fsp3) is 0.429. The highest BCUT2D eigenvalue weighted by Crippen LogP contribution is 2.27. The molecule has 1 aromatic carbocycles. The van der Waals surface area contributed by atoms with Gasteiger partial charge in [-0.3, -0.25) is 0 Å². The zero-order chi connectivity index (χ0) is 15.5. The highest BCUT2D eigenvalue weighted by molar-refractivity contribution is 7.89. The van der Waals surface area contributed by atoms with Gasteiger partial charge in [0.1, 0.15) is 10.7 Å². The van der Waals surface area contributed by atoms with Gasteiger partial charge in [0.25, 0.3) is 0 Å². The molecule has 1 aliphatic heterocycles. The van der Waals surface area contributed by atoms with Crippen molar-refractivity contribution < 1.29 is 17.9 Å². The maximum atomic E-state index is 14.1. The third kappa shape index (κ3) is 3.24. The van der Waals surface area contributed by atoms with Crippen LogP contribution in [-0.2, 0) is 10.0 Å². The Kier molecular flexibility index (Phi) is 4.96. The molecular formula is C14H17FN2O3S. The standard InChI is InChI=1S/C14H17FN2O3S/c15-13-9-11(3-1-7-16)5-6-14(13)21(19,20)17-8-2-4-12(17)10-18/h5-6,9,12,18H,2,4,7-8,10,16H2. The van der Waals surface area contributed by atoms with Gasteiger partial charge in [-0.25, -0.2) is 12.8 Å². The van der Waals surface area contributed by atoms with E-state index in [1.165, 1.54) is 12.1 Å². The molecule has 5 nitrogen and oxygen atoms in total. The van der Waals surface area contributed by atoms with Crippen molar-refractivity contribution in [2.45, 2.75) is 23.8 Å². The second kappa shape index (κ2) is 6.54. The van der Waals surface area contributed by atoms with Crippen molar-refractivity contribution in [3.63, 3.8) is 0 Å². The molecule has 0 bridgehead atoms. The molecular weight excluding hydrogens is 295 g/mol. The molecule has 1 unspecified atom stereocenters. The molecule has 21 heavy (non-hydrogen) atoms. The third-order valence-electron chi connectivity index (χ3n) is 3.39. The van der Waals surface area contributed by atoms with Crippen LogP contribution in [-0.4, -0.2) is 43.6 Å². The first-order valence-corrected chi connectivity index (χ1v) is 8.06. The first-order chi connectivity index (χ1) is 10.0. The van der Waals surface area contributed by atoms with Gasteiger partial charge in [0.15, 0.2) is 0 Å². The fourth-order valence-electron chi connectivity index (χ4n) is 2.38. The quantitative estimate of drug-likeness (QED) is 0.785. The van der Waals surface area contributed by atoms with E-state index >= 15 is 0 Å². The summed E-state index contributed by atoms with van der Waals surface area (Å²) in [6, 6.07) is 3.26. The highest BCUT2D eigenvalue weighted by Gasteiger charge is 2.36. The Hall–Kier alpha value is -1.46. The van der Waals surface area contributed by atoms with Gasteiger partial charge in [-0.05, 0) is 31.0 Å². The van der Waals surface area contributed by atoms with Gasteiger partial charge in [0.05, 0.1) is 13.2 Å². The normalized spacial score (nSPS) is 19.3. The van der Waals surface area contributed by atoms with Gasteiger partial charge in [0.2, 0.25) is 10.0 Å². The molecule has 7 heteroatoms. The Morgan fingerprint density at radius 3 is 2.86 bits per heavy atom. The van der Waals surface area contributed by atoms with Gasteiger partial charge in [-0.1, -0.05) is 11.8 Å². The number of nitrogens with two attached hydrogens (primary N) is 1. The predicted octanol–water partition coefficient (Wildman–Crippen LogP) is 0.281. The van der Waals surface area contributed by atoms with E-state index < -0.39 is 21.9 Å². The summed E-state index contributed by atoms with van der Waals surface area (Å²) in [4.78, 5) is -0.388. The van der Waals surface area contributed by atoms with Gasteiger partial charge in [0, 0.05) is 18.2 Å². The minimum Gasteiger partial charge on any atom is -0.395 e. The molecule has 1 atom stereocenters. The molecule has 3 N–H and O–H groups in total. The van der Waals surface area contributed by atoms with E-state index in [0.29, 0.717) is 24.9 Å². The largest absolute Gasteiger partial charge is 0.395 e. The monoisotopic (exact) mass is 312 g/mol. The second-order valence-corrected chi connectivity index (χ2v) is 6.60.